The first-order valence-electron chi connectivity index (χ1n) is 13.4. The Labute approximate surface area is 251 Å². The van der Waals surface area contributed by atoms with Gasteiger partial charge in [-0.05, 0) is 54.3 Å². The lowest BCUT2D eigenvalue weighted by molar-refractivity contribution is -0.140. The van der Waals surface area contributed by atoms with E-state index in [0.717, 1.165) is 11.3 Å². The Balaban J connectivity index is 1.90. The SMILES string of the molecule is COc1cc(/C=c2\sc3n(c2=O)[C@H](c2ccc(OC(C)=O)c(OC)c2)C(C(=O)OCC(C)C)=C(C)N=3)ccc1OC(C)=O. The largest absolute Gasteiger partial charge is 0.493 e. The summed E-state index contributed by atoms with van der Waals surface area (Å²) < 4.78 is 28.7. The Kier molecular flexibility index (Phi) is 9.50. The van der Waals surface area contributed by atoms with Crippen molar-refractivity contribution in [2.24, 2.45) is 10.9 Å². The second-order valence-corrected chi connectivity index (χ2v) is 11.1. The maximum absolute atomic E-state index is 14.0. The number of nitrogens with zero attached hydrogens (tertiary/aromatic N) is 2. The Hall–Kier alpha value is -4.71. The average molecular weight is 609 g/mol. The molecule has 43 heavy (non-hydrogen) atoms. The molecule has 0 unspecified atom stereocenters. The standard InChI is InChI=1S/C31H32N2O9S/c1-16(2)15-40-30(37)27-17(3)32-31-33(28(27)21-9-11-23(42-19(5)35)25(14-21)39-7)29(36)26(43-31)13-20-8-10-22(41-18(4)34)24(12-20)38-6/h8-14,16,28H,15H2,1-7H3/b26-13-/t28-/m1/s1. The molecule has 1 aliphatic rings. The first kappa shape index (κ1) is 31.2. The van der Waals surface area contributed by atoms with Gasteiger partial charge in [0.15, 0.2) is 27.8 Å². The third-order valence-corrected chi connectivity index (χ3v) is 7.27. The maximum atomic E-state index is 14.0. The monoisotopic (exact) mass is 608 g/mol. The summed E-state index contributed by atoms with van der Waals surface area (Å²) in [6.07, 6.45) is 1.67. The quantitative estimate of drug-likeness (QED) is 0.265. The molecule has 0 amide bonds. The Morgan fingerprint density at radius 1 is 0.953 bits per heavy atom. The molecule has 0 radical (unpaired) electrons. The number of benzene rings is 2. The molecule has 0 saturated heterocycles. The summed E-state index contributed by atoms with van der Waals surface area (Å²) >= 11 is 1.16. The number of aromatic nitrogens is 1. The lowest BCUT2D eigenvalue weighted by atomic mass is 9.95. The van der Waals surface area contributed by atoms with Crippen LogP contribution < -0.4 is 33.8 Å². The minimum atomic E-state index is -0.904. The zero-order chi connectivity index (χ0) is 31.4. The second kappa shape index (κ2) is 13.1. The number of hydrogen-bond acceptors (Lipinski definition) is 11. The van der Waals surface area contributed by atoms with Gasteiger partial charge in [0.05, 0.1) is 42.7 Å². The van der Waals surface area contributed by atoms with Crippen LogP contribution in [0.2, 0.25) is 0 Å². The number of ether oxygens (including phenoxy) is 5. The van der Waals surface area contributed by atoms with E-state index >= 15 is 0 Å². The summed E-state index contributed by atoms with van der Waals surface area (Å²) in [5.41, 5.74) is 1.37. The van der Waals surface area contributed by atoms with Crippen LogP contribution in [-0.4, -0.2) is 43.3 Å². The minimum Gasteiger partial charge on any atom is -0.493 e. The number of rotatable bonds is 9. The summed E-state index contributed by atoms with van der Waals surface area (Å²) in [6.45, 7) is 8.30. The van der Waals surface area contributed by atoms with Crippen molar-refractivity contribution >= 4 is 35.3 Å². The molecule has 0 bridgehead atoms. The van der Waals surface area contributed by atoms with Gasteiger partial charge >= 0.3 is 17.9 Å². The molecule has 1 aromatic heterocycles. The zero-order valence-electron chi connectivity index (χ0n) is 24.9. The van der Waals surface area contributed by atoms with Crippen molar-refractivity contribution in [3.63, 3.8) is 0 Å². The highest BCUT2D eigenvalue weighted by Crippen LogP contribution is 2.36. The number of carbonyl (C=O) groups excluding carboxylic acids is 3. The van der Waals surface area contributed by atoms with Gasteiger partial charge in [0.1, 0.15) is 0 Å². The van der Waals surface area contributed by atoms with Gasteiger partial charge in [-0.1, -0.05) is 37.3 Å². The van der Waals surface area contributed by atoms with Crippen molar-refractivity contribution in [1.82, 2.24) is 4.57 Å². The molecule has 3 aromatic rings. The Morgan fingerprint density at radius 2 is 1.56 bits per heavy atom. The highest BCUT2D eigenvalue weighted by molar-refractivity contribution is 7.07. The van der Waals surface area contributed by atoms with E-state index in [1.807, 2.05) is 13.8 Å². The summed E-state index contributed by atoms with van der Waals surface area (Å²) in [5.74, 6) is -0.498. The van der Waals surface area contributed by atoms with Gasteiger partial charge < -0.3 is 23.7 Å². The van der Waals surface area contributed by atoms with E-state index in [2.05, 4.69) is 4.99 Å². The molecule has 0 fully saturated rings. The van der Waals surface area contributed by atoms with Crippen LogP contribution in [-0.2, 0) is 19.1 Å². The van der Waals surface area contributed by atoms with Gasteiger partial charge in [-0.15, -0.1) is 0 Å². The number of thiazole rings is 1. The number of fused-ring (bicyclic) bond motifs is 1. The molecule has 2 aromatic carbocycles. The highest BCUT2D eigenvalue weighted by atomic mass is 32.1. The van der Waals surface area contributed by atoms with Crippen LogP contribution in [0.3, 0.4) is 0 Å². The first-order valence-corrected chi connectivity index (χ1v) is 14.2. The van der Waals surface area contributed by atoms with Crippen molar-refractivity contribution in [2.75, 3.05) is 20.8 Å². The molecule has 0 saturated carbocycles. The molecule has 1 atom stereocenters. The van der Waals surface area contributed by atoms with Crippen molar-refractivity contribution in [2.45, 2.75) is 40.7 Å². The van der Waals surface area contributed by atoms with Gasteiger partial charge in [-0.3, -0.25) is 19.0 Å². The van der Waals surface area contributed by atoms with Crippen molar-refractivity contribution < 1.29 is 38.1 Å². The summed E-state index contributed by atoms with van der Waals surface area (Å²) in [5, 5.41) is 0. The molecular weight excluding hydrogens is 576 g/mol. The number of methoxy groups -OCH3 is 2. The van der Waals surface area contributed by atoms with E-state index in [-0.39, 0.29) is 40.9 Å². The van der Waals surface area contributed by atoms with Crippen LogP contribution in [0.5, 0.6) is 23.0 Å². The first-order chi connectivity index (χ1) is 20.4. The van der Waals surface area contributed by atoms with Crippen LogP contribution in [0.15, 0.2) is 57.5 Å². The summed E-state index contributed by atoms with van der Waals surface area (Å²) in [4.78, 5) is 55.5. The molecule has 226 valence electrons. The van der Waals surface area contributed by atoms with Crippen LogP contribution >= 0.6 is 11.3 Å². The third kappa shape index (κ3) is 6.86. The third-order valence-electron chi connectivity index (χ3n) is 6.29. The van der Waals surface area contributed by atoms with Crippen molar-refractivity contribution in [3.05, 3.63) is 78.5 Å². The zero-order valence-corrected chi connectivity index (χ0v) is 25.7. The molecule has 2 heterocycles. The molecule has 0 N–H and O–H groups in total. The summed E-state index contributed by atoms with van der Waals surface area (Å²) in [7, 11) is 2.88. The van der Waals surface area contributed by atoms with Crippen molar-refractivity contribution in [1.29, 1.82) is 0 Å². The van der Waals surface area contributed by atoms with Crippen LogP contribution in [0, 0.1) is 5.92 Å². The van der Waals surface area contributed by atoms with Crippen LogP contribution in [0.4, 0.5) is 0 Å². The second-order valence-electron chi connectivity index (χ2n) is 10.1. The topological polar surface area (TPSA) is 132 Å². The highest BCUT2D eigenvalue weighted by Gasteiger charge is 2.34. The van der Waals surface area contributed by atoms with Gasteiger partial charge in [0, 0.05) is 13.8 Å². The molecule has 12 heteroatoms. The molecule has 0 aliphatic carbocycles. The predicted molar refractivity (Wildman–Crippen MR) is 158 cm³/mol. The van der Waals surface area contributed by atoms with E-state index in [1.54, 1.807) is 49.4 Å². The van der Waals surface area contributed by atoms with E-state index in [1.165, 1.54) is 32.6 Å². The number of hydrogen-bond donors (Lipinski definition) is 0. The number of esters is 3. The smallest absolute Gasteiger partial charge is 0.338 e. The summed E-state index contributed by atoms with van der Waals surface area (Å²) in [6, 6.07) is 8.84. The molecule has 0 spiro atoms. The normalized spacial score (nSPS) is 14.6. The molecule has 11 nitrogen and oxygen atoms in total. The van der Waals surface area contributed by atoms with Gasteiger partial charge in [0.25, 0.3) is 5.56 Å². The lowest BCUT2D eigenvalue weighted by Gasteiger charge is -2.25. The van der Waals surface area contributed by atoms with E-state index in [9.17, 15) is 19.2 Å². The number of allylic oxidation sites excluding steroid dienone is 1. The van der Waals surface area contributed by atoms with E-state index in [0.29, 0.717) is 31.9 Å². The van der Waals surface area contributed by atoms with Crippen molar-refractivity contribution in [3.8, 4) is 23.0 Å². The fourth-order valence-corrected chi connectivity index (χ4v) is 5.52. The average Bonchev–Trinajstić information content (AvgIpc) is 3.25. The minimum absolute atomic E-state index is 0.0943. The van der Waals surface area contributed by atoms with E-state index < -0.39 is 23.9 Å². The van der Waals surface area contributed by atoms with Gasteiger partial charge in [-0.25, -0.2) is 9.79 Å². The Morgan fingerprint density at radius 3 is 2.14 bits per heavy atom. The number of carbonyl (C=O) groups is 3. The molecular formula is C31H32N2O9S. The van der Waals surface area contributed by atoms with Gasteiger partial charge in [0.2, 0.25) is 0 Å². The van der Waals surface area contributed by atoms with E-state index in [4.69, 9.17) is 23.7 Å². The molecule has 4 rings (SSSR count). The Bertz CT molecular complexity index is 1800. The molecule has 1 aliphatic heterocycles. The van der Waals surface area contributed by atoms with Crippen LogP contribution in [0.1, 0.15) is 51.8 Å². The van der Waals surface area contributed by atoms with Gasteiger partial charge in [-0.2, -0.15) is 0 Å². The lowest BCUT2D eigenvalue weighted by Crippen LogP contribution is -2.40. The fraction of sp³-hybridized carbons (Fsp3) is 0.323. The fourth-order valence-electron chi connectivity index (χ4n) is 4.48. The predicted octanol–water partition coefficient (Wildman–Crippen LogP) is 3.30. The van der Waals surface area contributed by atoms with Crippen LogP contribution in [0.25, 0.3) is 6.08 Å². The maximum Gasteiger partial charge on any atom is 0.338 e.